The van der Waals surface area contributed by atoms with E-state index in [9.17, 15) is 0 Å². The molecule has 0 atom stereocenters. The van der Waals surface area contributed by atoms with E-state index in [-0.39, 0.29) is 20.1 Å². The maximum Gasteiger partial charge on any atom is 0.136 e. The first-order chi connectivity index (χ1) is 17.8. The van der Waals surface area contributed by atoms with E-state index in [4.69, 9.17) is 9.40 Å². The van der Waals surface area contributed by atoms with Gasteiger partial charge < -0.3 is 9.40 Å². The van der Waals surface area contributed by atoms with Crippen LogP contribution in [0.1, 0.15) is 0 Å². The van der Waals surface area contributed by atoms with Gasteiger partial charge in [0.25, 0.3) is 0 Å². The van der Waals surface area contributed by atoms with Crippen LogP contribution in [0.25, 0.3) is 75.3 Å². The van der Waals surface area contributed by atoms with Crippen molar-refractivity contribution in [2.24, 2.45) is 0 Å². The third kappa shape index (κ3) is 3.53. The number of furan rings is 1. The molecule has 0 unspecified atom stereocenters. The van der Waals surface area contributed by atoms with Crippen molar-refractivity contribution in [3.8, 4) is 22.4 Å². The molecule has 0 spiro atoms. The number of thiophene rings is 1. The van der Waals surface area contributed by atoms with E-state index in [0.29, 0.717) is 0 Å². The Labute approximate surface area is 230 Å². The Kier molecular flexibility index (Phi) is 5.23. The summed E-state index contributed by atoms with van der Waals surface area (Å²) < 4.78 is 8.84. The molecule has 8 aromatic rings. The molecule has 177 valence electrons. The zero-order chi connectivity index (χ0) is 23.6. The van der Waals surface area contributed by atoms with Crippen molar-refractivity contribution in [1.29, 1.82) is 0 Å². The van der Waals surface area contributed by atoms with Gasteiger partial charge in [-0.05, 0) is 58.4 Å². The summed E-state index contributed by atoms with van der Waals surface area (Å²) in [6.07, 6.45) is 1.87. The SMILES string of the molecule is [Ir].[c-]1ccc(-c2ccc3oc4cc5sc6ccccc6c5cc4c3c2)cc1-c1nccc2ccccc12. The first kappa shape index (κ1) is 22.4. The molecule has 3 heterocycles. The van der Waals surface area contributed by atoms with Crippen LogP contribution >= 0.6 is 11.3 Å². The fourth-order valence-corrected chi connectivity index (χ4v) is 6.41. The first-order valence-corrected chi connectivity index (χ1v) is 12.8. The molecule has 0 bridgehead atoms. The molecule has 0 fully saturated rings. The van der Waals surface area contributed by atoms with Crippen LogP contribution in [0, 0.1) is 6.07 Å². The number of nitrogens with zero attached hydrogens (tertiary/aromatic N) is 1. The second-order valence-corrected chi connectivity index (χ2v) is 10.2. The van der Waals surface area contributed by atoms with Crippen LogP contribution in [0.2, 0.25) is 0 Å². The molecule has 8 rings (SSSR count). The molecular formula is C33H18IrNOS-. The molecule has 0 aliphatic carbocycles. The molecule has 0 saturated carbocycles. The van der Waals surface area contributed by atoms with Gasteiger partial charge in [0, 0.05) is 57.2 Å². The number of hydrogen-bond acceptors (Lipinski definition) is 3. The maximum atomic E-state index is 6.28. The van der Waals surface area contributed by atoms with E-state index in [1.54, 1.807) is 0 Å². The van der Waals surface area contributed by atoms with Crippen molar-refractivity contribution < 1.29 is 24.5 Å². The molecule has 0 amide bonds. The van der Waals surface area contributed by atoms with Crippen LogP contribution < -0.4 is 0 Å². The van der Waals surface area contributed by atoms with Gasteiger partial charge in [-0.1, -0.05) is 48.5 Å². The van der Waals surface area contributed by atoms with Gasteiger partial charge in [-0.25, -0.2) is 0 Å². The Hall–Kier alpha value is -3.82. The zero-order valence-corrected chi connectivity index (χ0v) is 22.7. The largest absolute Gasteiger partial charge is 0.456 e. The van der Waals surface area contributed by atoms with E-state index in [0.717, 1.165) is 49.7 Å². The smallest absolute Gasteiger partial charge is 0.136 e. The van der Waals surface area contributed by atoms with Crippen molar-refractivity contribution in [2.45, 2.75) is 0 Å². The minimum absolute atomic E-state index is 0. The number of rotatable bonds is 2. The van der Waals surface area contributed by atoms with Crippen LogP contribution in [0.3, 0.4) is 0 Å². The molecular weight excluding hydrogens is 651 g/mol. The summed E-state index contributed by atoms with van der Waals surface area (Å²) in [4.78, 5) is 4.70. The van der Waals surface area contributed by atoms with E-state index in [2.05, 4.69) is 97.1 Å². The number of pyridine rings is 1. The second kappa shape index (κ2) is 8.64. The Morgan fingerprint density at radius 3 is 2.38 bits per heavy atom. The average molecular weight is 669 g/mol. The number of fused-ring (bicyclic) bond motifs is 7. The molecule has 2 nitrogen and oxygen atoms in total. The standard InChI is InChI=1S/C33H18NOS.Ir/c1-2-9-24-20(6-1)14-15-34-33(24)23-8-5-7-21(16-23)22-12-13-29-26(17-22)27-18-28-25-10-3-4-11-31(25)36-32(28)19-30(27)35-29;/h1-7,9-19H;/q-1;. The van der Waals surface area contributed by atoms with Gasteiger partial charge in [-0.3, -0.25) is 0 Å². The van der Waals surface area contributed by atoms with Crippen molar-refractivity contribution in [3.63, 3.8) is 0 Å². The molecule has 1 radical (unpaired) electrons. The molecule has 0 aliphatic rings. The van der Waals surface area contributed by atoms with Gasteiger partial charge in [0.15, 0.2) is 0 Å². The van der Waals surface area contributed by atoms with Crippen LogP contribution in [-0.4, -0.2) is 4.98 Å². The van der Waals surface area contributed by atoms with Crippen LogP contribution in [0.5, 0.6) is 0 Å². The molecule has 37 heavy (non-hydrogen) atoms. The minimum Gasteiger partial charge on any atom is -0.456 e. The zero-order valence-electron chi connectivity index (χ0n) is 19.5. The van der Waals surface area contributed by atoms with Gasteiger partial charge in [0.2, 0.25) is 0 Å². The number of benzene rings is 5. The normalized spacial score (nSPS) is 11.6. The van der Waals surface area contributed by atoms with Crippen LogP contribution in [-0.2, 0) is 20.1 Å². The van der Waals surface area contributed by atoms with Crippen molar-refractivity contribution in [1.82, 2.24) is 4.98 Å². The topological polar surface area (TPSA) is 26.0 Å². The molecule has 0 aliphatic heterocycles. The molecule has 4 heteroatoms. The van der Waals surface area contributed by atoms with Gasteiger partial charge in [-0.2, -0.15) is 0 Å². The predicted octanol–water partition coefficient (Wildman–Crippen LogP) is 9.63. The van der Waals surface area contributed by atoms with Crippen LogP contribution in [0.4, 0.5) is 0 Å². The van der Waals surface area contributed by atoms with E-state index in [1.165, 1.54) is 25.6 Å². The summed E-state index contributed by atoms with van der Waals surface area (Å²) in [6, 6.07) is 39.7. The van der Waals surface area contributed by atoms with Gasteiger partial charge in [0.05, 0.1) is 0 Å². The second-order valence-electron chi connectivity index (χ2n) is 9.13. The van der Waals surface area contributed by atoms with Crippen molar-refractivity contribution in [2.75, 3.05) is 0 Å². The van der Waals surface area contributed by atoms with Gasteiger partial charge in [-0.15, -0.1) is 46.7 Å². The monoisotopic (exact) mass is 669 g/mol. The Morgan fingerprint density at radius 2 is 1.43 bits per heavy atom. The minimum atomic E-state index is 0. The van der Waals surface area contributed by atoms with Crippen molar-refractivity contribution in [3.05, 3.63) is 115 Å². The predicted molar refractivity (Wildman–Crippen MR) is 152 cm³/mol. The third-order valence-corrected chi connectivity index (χ3v) is 8.17. The molecule has 0 saturated heterocycles. The Bertz CT molecular complexity index is 2120. The quantitative estimate of drug-likeness (QED) is 0.172. The first-order valence-electron chi connectivity index (χ1n) is 12.0. The molecule has 3 aromatic heterocycles. The fraction of sp³-hybridized carbons (Fsp3) is 0. The van der Waals surface area contributed by atoms with E-state index in [1.807, 2.05) is 29.7 Å². The average Bonchev–Trinajstić information content (AvgIpc) is 3.48. The third-order valence-electron chi connectivity index (χ3n) is 7.03. The van der Waals surface area contributed by atoms with Crippen molar-refractivity contribution >= 4 is 64.2 Å². The summed E-state index contributed by atoms with van der Waals surface area (Å²) in [6.45, 7) is 0. The summed E-state index contributed by atoms with van der Waals surface area (Å²) in [5, 5.41) is 7.20. The van der Waals surface area contributed by atoms with Gasteiger partial charge in [0.1, 0.15) is 11.2 Å². The van der Waals surface area contributed by atoms with Crippen LogP contribution in [0.15, 0.2) is 114 Å². The molecule has 5 aromatic carbocycles. The number of aromatic nitrogens is 1. The van der Waals surface area contributed by atoms with Gasteiger partial charge >= 0.3 is 0 Å². The summed E-state index contributed by atoms with van der Waals surface area (Å²) in [5.74, 6) is 0. The maximum absolute atomic E-state index is 6.28. The Balaban J connectivity index is 0.00000231. The summed E-state index contributed by atoms with van der Waals surface area (Å²) >= 11 is 1.82. The summed E-state index contributed by atoms with van der Waals surface area (Å²) in [5.41, 5.74) is 6.08. The fourth-order valence-electron chi connectivity index (χ4n) is 5.29. The number of hydrogen-bond donors (Lipinski definition) is 0. The van der Waals surface area contributed by atoms with E-state index < -0.39 is 0 Å². The molecule has 0 N–H and O–H groups in total. The summed E-state index contributed by atoms with van der Waals surface area (Å²) in [7, 11) is 0. The van der Waals surface area contributed by atoms with E-state index >= 15 is 0 Å². The Morgan fingerprint density at radius 1 is 0.622 bits per heavy atom.